The second-order valence-electron chi connectivity index (χ2n) is 5.51. The van der Waals surface area contributed by atoms with E-state index in [1.54, 1.807) is 0 Å². The first-order valence-corrected chi connectivity index (χ1v) is 8.09. The van der Waals surface area contributed by atoms with Crippen LogP contribution in [-0.2, 0) is 0 Å². The van der Waals surface area contributed by atoms with E-state index in [1.165, 1.54) is 0 Å². The number of ketones is 2. The minimum atomic E-state index is 0. The third-order valence-corrected chi connectivity index (χ3v) is 3.95. The van der Waals surface area contributed by atoms with Gasteiger partial charge in [0, 0.05) is 37.1 Å². The van der Waals surface area contributed by atoms with E-state index in [0.717, 1.165) is 17.7 Å². The Balaban J connectivity index is 0.00000288. The fraction of sp³-hybridized carbons (Fsp3) is 0.300. The SMILES string of the molecule is CCN(CCC(=O)c1ccccc1)CCC(=O)c1ccccc1.Cl. The molecule has 128 valence electrons. The van der Waals surface area contributed by atoms with Gasteiger partial charge in [-0.1, -0.05) is 67.6 Å². The van der Waals surface area contributed by atoms with Gasteiger partial charge in [-0.05, 0) is 6.54 Å². The van der Waals surface area contributed by atoms with Crippen molar-refractivity contribution < 1.29 is 9.59 Å². The molecule has 0 radical (unpaired) electrons. The smallest absolute Gasteiger partial charge is 0.164 e. The van der Waals surface area contributed by atoms with Crippen LogP contribution < -0.4 is 0 Å². The molecule has 0 fully saturated rings. The highest BCUT2D eigenvalue weighted by Gasteiger charge is 2.11. The van der Waals surface area contributed by atoms with Crippen molar-refractivity contribution in [3.8, 4) is 0 Å². The third-order valence-electron chi connectivity index (χ3n) is 3.95. The van der Waals surface area contributed by atoms with Gasteiger partial charge in [-0.15, -0.1) is 12.4 Å². The monoisotopic (exact) mass is 345 g/mol. The van der Waals surface area contributed by atoms with E-state index in [-0.39, 0.29) is 24.0 Å². The highest BCUT2D eigenvalue weighted by atomic mass is 35.5. The predicted molar refractivity (Wildman–Crippen MR) is 100 cm³/mol. The Labute approximate surface area is 150 Å². The molecular formula is C20H24ClNO2. The number of carbonyl (C=O) groups excluding carboxylic acids is 2. The van der Waals surface area contributed by atoms with Crippen LogP contribution in [0.25, 0.3) is 0 Å². The van der Waals surface area contributed by atoms with Gasteiger partial charge in [-0.3, -0.25) is 9.59 Å². The Morgan fingerprint density at radius 1 is 0.750 bits per heavy atom. The van der Waals surface area contributed by atoms with E-state index < -0.39 is 0 Å². The topological polar surface area (TPSA) is 37.4 Å². The van der Waals surface area contributed by atoms with Crippen molar-refractivity contribution >= 4 is 24.0 Å². The number of hydrogen-bond donors (Lipinski definition) is 0. The fourth-order valence-corrected chi connectivity index (χ4v) is 2.48. The molecule has 0 aliphatic carbocycles. The van der Waals surface area contributed by atoms with Gasteiger partial charge in [0.15, 0.2) is 11.6 Å². The van der Waals surface area contributed by atoms with Crippen LogP contribution in [0, 0.1) is 0 Å². The summed E-state index contributed by atoms with van der Waals surface area (Å²) in [6.45, 7) is 4.27. The number of halogens is 1. The number of rotatable bonds is 9. The van der Waals surface area contributed by atoms with E-state index in [4.69, 9.17) is 0 Å². The van der Waals surface area contributed by atoms with Gasteiger partial charge in [0.2, 0.25) is 0 Å². The Bertz CT molecular complexity index is 573. The van der Waals surface area contributed by atoms with E-state index in [0.29, 0.717) is 25.9 Å². The molecule has 0 N–H and O–H groups in total. The molecule has 3 nitrogen and oxygen atoms in total. The predicted octanol–water partition coefficient (Wildman–Crippen LogP) is 4.28. The standard InChI is InChI=1S/C20H23NO2.ClH/c1-2-21(15-13-19(22)17-9-5-3-6-10-17)16-14-20(23)18-11-7-4-8-12-18;/h3-12H,2,13-16H2,1H3;1H. The van der Waals surface area contributed by atoms with Crippen LogP contribution in [0.2, 0.25) is 0 Å². The van der Waals surface area contributed by atoms with Gasteiger partial charge in [-0.25, -0.2) is 0 Å². The van der Waals surface area contributed by atoms with Gasteiger partial charge in [0.05, 0.1) is 0 Å². The Morgan fingerprint density at radius 3 is 1.46 bits per heavy atom. The maximum Gasteiger partial charge on any atom is 0.164 e. The zero-order chi connectivity index (χ0) is 16.5. The van der Waals surface area contributed by atoms with Gasteiger partial charge < -0.3 is 4.90 Å². The molecule has 2 aromatic rings. The maximum absolute atomic E-state index is 12.1. The van der Waals surface area contributed by atoms with Gasteiger partial charge in [-0.2, -0.15) is 0 Å². The molecule has 0 aromatic heterocycles. The van der Waals surface area contributed by atoms with Gasteiger partial charge in [0.25, 0.3) is 0 Å². The number of carbonyl (C=O) groups is 2. The zero-order valence-electron chi connectivity index (χ0n) is 14.0. The lowest BCUT2D eigenvalue weighted by Gasteiger charge is -2.19. The van der Waals surface area contributed by atoms with E-state index in [1.807, 2.05) is 60.7 Å². The molecule has 0 aliphatic heterocycles. The maximum atomic E-state index is 12.1. The van der Waals surface area contributed by atoms with Crippen molar-refractivity contribution in [2.24, 2.45) is 0 Å². The minimum Gasteiger partial charge on any atom is -0.303 e. The number of nitrogens with zero attached hydrogens (tertiary/aromatic N) is 1. The van der Waals surface area contributed by atoms with E-state index in [9.17, 15) is 9.59 Å². The average Bonchev–Trinajstić information content (AvgIpc) is 2.62. The molecule has 0 saturated carbocycles. The largest absolute Gasteiger partial charge is 0.303 e. The first-order chi connectivity index (χ1) is 11.2. The summed E-state index contributed by atoms with van der Waals surface area (Å²) in [7, 11) is 0. The summed E-state index contributed by atoms with van der Waals surface area (Å²) in [5.41, 5.74) is 1.51. The third kappa shape index (κ3) is 6.26. The number of benzene rings is 2. The molecule has 2 aromatic carbocycles. The number of Topliss-reactive ketones (excluding diaryl/α,β-unsaturated/α-hetero) is 2. The second kappa shape index (κ2) is 10.7. The van der Waals surface area contributed by atoms with Crippen molar-refractivity contribution in [3.05, 3.63) is 71.8 Å². The Morgan fingerprint density at radius 2 is 1.12 bits per heavy atom. The average molecular weight is 346 g/mol. The summed E-state index contributed by atoms with van der Waals surface area (Å²) in [6, 6.07) is 18.7. The fourth-order valence-electron chi connectivity index (χ4n) is 2.48. The van der Waals surface area contributed by atoms with E-state index in [2.05, 4.69) is 11.8 Å². The molecule has 0 bridgehead atoms. The quantitative estimate of drug-likeness (QED) is 0.637. The Kier molecular flexibility index (Phi) is 8.98. The first kappa shape index (κ1) is 20.1. The molecule has 24 heavy (non-hydrogen) atoms. The van der Waals surface area contributed by atoms with Crippen LogP contribution in [0.4, 0.5) is 0 Å². The molecule has 0 aliphatic rings. The van der Waals surface area contributed by atoms with Crippen molar-refractivity contribution in [3.63, 3.8) is 0 Å². The van der Waals surface area contributed by atoms with Crippen LogP contribution in [0.3, 0.4) is 0 Å². The normalized spacial score (nSPS) is 10.2. The minimum absolute atomic E-state index is 0. The molecule has 0 heterocycles. The van der Waals surface area contributed by atoms with Crippen LogP contribution in [0.1, 0.15) is 40.5 Å². The van der Waals surface area contributed by atoms with Crippen LogP contribution >= 0.6 is 12.4 Å². The van der Waals surface area contributed by atoms with Crippen LogP contribution in [-0.4, -0.2) is 36.1 Å². The summed E-state index contributed by atoms with van der Waals surface area (Å²) in [6.07, 6.45) is 0.967. The summed E-state index contributed by atoms with van der Waals surface area (Å²) in [4.78, 5) is 26.4. The highest BCUT2D eigenvalue weighted by Crippen LogP contribution is 2.07. The molecule has 2 rings (SSSR count). The van der Waals surface area contributed by atoms with Gasteiger partial charge >= 0.3 is 0 Å². The lowest BCUT2D eigenvalue weighted by molar-refractivity contribution is 0.0949. The van der Waals surface area contributed by atoms with Crippen molar-refractivity contribution in [1.82, 2.24) is 4.90 Å². The molecule has 0 saturated heterocycles. The summed E-state index contributed by atoms with van der Waals surface area (Å²) in [5.74, 6) is 0.303. The summed E-state index contributed by atoms with van der Waals surface area (Å²) in [5, 5.41) is 0. The lowest BCUT2D eigenvalue weighted by atomic mass is 10.1. The second-order valence-corrected chi connectivity index (χ2v) is 5.51. The van der Waals surface area contributed by atoms with Crippen molar-refractivity contribution in [2.45, 2.75) is 19.8 Å². The zero-order valence-corrected chi connectivity index (χ0v) is 14.8. The number of hydrogen-bond acceptors (Lipinski definition) is 3. The molecule has 0 atom stereocenters. The van der Waals surface area contributed by atoms with E-state index >= 15 is 0 Å². The van der Waals surface area contributed by atoms with Crippen molar-refractivity contribution in [1.29, 1.82) is 0 Å². The Hall–Kier alpha value is -1.97. The van der Waals surface area contributed by atoms with Gasteiger partial charge in [0.1, 0.15) is 0 Å². The lowest BCUT2D eigenvalue weighted by Crippen LogP contribution is -2.28. The molecule has 0 spiro atoms. The molecular weight excluding hydrogens is 322 g/mol. The molecule has 0 amide bonds. The highest BCUT2D eigenvalue weighted by molar-refractivity contribution is 5.96. The molecule has 0 unspecified atom stereocenters. The molecule has 4 heteroatoms. The summed E-state index contributed by atoms with van der Waals surface area (Å²) >= 11 is 0. The summed E-state index contributed by atoms with van der Waals surface area (Å²) < 4.78 is 0. The van der Waals surface area contributed by atoms with Crippen molar-refractivity contribution in [2.75, 3.05) is 19.6 Å². The first-order valence-electron chi connectivity index (χ1n) is 8.09. The van der Waals surface area contributed by atoms with Crippen LogP contribution in [0.5, 0.6) is 0 Å². The van der Waals surface area contributed by atoms with Crippen LogP contribution in [0.15, 0.2) is 60.7 Å².